The van der Waals surface area contributed by atoms with Gasteiger partial charge in [0.15, 0.2) is 5.16 Å². The maximum absolute atomic E-state index is 12.4. The smallest absolute Gasteiger partial charge is 0.233 e. The Morgan fingerprint density at radius 2 is 1.93 bits per heavy atom. The van der Waals surface area contributed by atoms with E-state index in [9.17, 15) is 9.59 Å². The van der Waals surface area contributed by atoms with Crippen LogP contribution in [-0.2, 0) is 29.1 Å². The van der Waals surface area contributed by atoms with Crippen LogP contribution in [0.1, 0.15) is 30.7 Å². The summed E-state index contributed by atoms with van der Waals surface area (Å²) in [7, 11) is 0. The molecule has 0 bridgehead atoms. The molecule has 9 nitrogen and oxygen atoms in total. The maximum atomic E-state index is 12.4. The minimum absolute atomic E-state index is 0.146. The van der Waals surface area contributed by atoms with E-state index in [1.807, 2.05) is 10.6 Å². The SMILES string of the molecule is CC(Sc1nnc(CCC(N)=O)n1Cc1ccco1)C(=O)NCc1ccco1. The summed E-state index contributed by atoms with van der Waals surface area (Å²) in [5.74, 6) is 1.46. The lowest BCUT2D eigenvalue weighted by Gasteiger charge is -2.12. The Morgan fingerprint density at radius 3 is 2.57 bits per heavy atom. The van der Waals surface area contributed by atoms with Gasteiger partial charge < -0.3 is 19.9 Å². The monoisotopic (exact) mass is 403 g/mol. The Bertz CT molecular complexity index is 905. The number of carbonyl (C=O) groups excluding carboxylic acids is 2. The van der Waals surface area contributed by atoms with E-state index in [-0.39, 0.29) is 12.3 Å². The van der Waals surface area contributed by atoms with Gasteiger partial charge in [0, 0.05) is 12.8 Å². The summed E-state index contributed by atoms with van der Waals surface area (Å²) in [6.07, 6.45) is 3.67. The van der Waals surface area contributed by atoms with Crippen molar-refractivity contribution >= 4 is 23.6 Å². The third kappa shape index (κ3) is 5.26. The molecule has 0 aliphatic carbocycles. The first-order valence-corrected chi connectivity index (χ1v) is 9.60. The van der Waals surface area contributed by atoms with E-state index < -0.39 is 11.2 Å². The second kappa shape index (κ2) is 9.27. The highest BCUT2D eigenvalue weighted by Crippen LogP contribution is 2.24. The lowest BCUT2D eigenvalue weighted by Crippen LogP contribution is -2.30. The molecule has 3 N–H and O–H groups in total. The van der Waals surface area contributed by atoms with E-state index in [1.54, 1.807) is 37.6 Å². The second-order valence-electron chi connectivity index (χ2n) is 6.09. The molecule has 0 saturated carbocycles. The number of nitrogens with one attached hydrogen (secondary N) is 1. The third-order valence-electron chi connectivity index (χ3n) is 3.95. The van der Waals surface area contributed by atoms with E-state index >= 15 is 0 Å². The molecule has 3 heterocycles. The molecule has 2 amide bonds. The Morgan fingerprint density at radius 1 is 1.21 bits per heavy atom. The molecule has 3 aromatic rings. The Balaban J connectivity index is 1.68. The first-order valence-electron chi connectivity index (χ1n) is 8.72. The van der Waals surface area contributed by atoms with Gasteiger partial charge in [-0.3, -0.25) is 14.2 Å². The fourth-order valence-corrected chi connectivity index (χ4v) is 3.38. The van der Waals surface area contributed by atoms with Gasteiger partial charge in [0.05, 0.1) is 30.9 Å². The normalized spacial score (nSPS) is 12.0. The Labute approximate surface area is 165 Å². The molecule has 1 unspecified atom stereocenters. The molecule has 148 valence electrons. The maximum Gasteiger partial charge on any atom is 0.233 e. The van der Waals surface area contributed by atoms with Crippen LogP contribution in [0.3, 0.4) is 0 Å². The molecular weight excluding hydrogens is 382 g/mol. The molecule has 0 fully saturated rings. The highest BCUT2D eigenvalue weighted by atomic mass is 32.2. The van der Waals surface area contributed by atoms with Crippen molar-refractivity contribution in [1.82, 2.24) is 20.1 Å². The minimum atomic E-state index is -0.410. The van der Waals surface area contributed by atoms with Crippen LogP contribution < -0.4 is 11.1 Å². The average Bonchev–Trinajstić information content (AvgIpc) is 3.42. The van der Waals surface area contributed by atoms with Crippen molar-refractivity contribution in [2.24, 2.45) is 5.73 Å². The molecule has 10 heteroatoms. The van der Waals surface area contributed by atoms with E-state index in [0.717, 1.165) is 5.76 Å². The first-order chi connectivity index (χ1) is 13.5. The highest BCUT2D eigenvalue weighted by molar-refractivity contribution is 8.00. The largest absolute Gasteiger partial charge is 0.467 e. The lowest BCUT2D eigenvalue weighted by molar-refractivity contribution is -0.120. The molecule has 0 radical (unpaired) electrons. The minimum Gasteiger partial charge on any atom is -0.467 e. The predicted octanol–water partition coefficient (Wildman–Crippen LogP) is 1.73. The number of hydrogen-bond acceptors (Lipinski definition) is 7. The summed E-state index contributed by atoms with van der Waals surface area (Å²) in [5, 5.41) is 11.3. The van der Waals surface area contributed by atoms with Gasteiger partial charge >= 0.3 is 0 Å². The van der Waals surface area contributed by atoms with Gasteiger partial charge in [-0.15, -0.1) is 10.2 Å². The van der Waals surface area contributed by atoms with Gasteiger partial charge in [-0.1, -0.05) is 11.8 Å². The Hall–Kier alpha value is -3.01. The molecular formula is C18H21N5O4S. The fraction of sp³-hybridized carbons (Fsp3) is 0.333. The summed E-state index contributed by atoms with van der Waals surface area (Å²) in [6, 6.07) is 7.19. The topological polar surface area (TPSA) is 129 Å². The molecule has 0 aliphatic heterocycles. The van der Waals surface area contributed by atoms with Crippen LogP contribution in [0.25, 0.3) is 0 Å². The number of aryl methyl sites for hydroxylation is 1. The summed E-state index contributed by atoms with van der Waals surface area (Å²) in [5.41, 5.74) is 5.25. The molecule has 3 aromatic heterocycles. The standard InChI is InChI=1S/C18H21N5O4S/c1-12(17(25)20-10-13-4-2-8-26-13)28-18-22-21-16(7-6-15(19)24)23(18)11-14-5-3-9-27-14/h2-5,8-9,12H,6-7,10-11H2,1H3,(H2,19,24)(H,20,25). The molecule has 28 heavy (non-hydrogen) atoms. The van der Waals surface area contributed by atoms with Crippen LogP contribution in [0.5, 0.6) is 0 Å². The summed E-state index contributed by atoms with van der Waals surface area (Å²) >= 11 is 1.28. The summed E-state index contributed by atoms with van der Waals surface area (Å²) in [6.45, 7) is 2.51. The molecule has 1 atom stereocenters. The number of nitrogens with zero attached hydrogens (tertiary/aromatic N) is 3. The molecule has 3 rings (SSSR count). The van der Waals surface area contributed by atoms with Crippen molar-refractivity contribution in [3.8, 4) is 0 Å². The van der Waals surface area contributed by atoms with E-state index in [2.05, 4.69) is 15.5 Å². The van der Waals surface area contributed by atoms with Gasteiger partial charge in [0.2, 0.25) is 11.8 Å². The molecule has 0 saturated heterocycles. The Kier molecular flexibility index (Phi) is 6.53. The third-order valence-corrected chi connectivity index (χ3v) is 5.03. The van der Waals surface area contributed by atoms with E-state index in [0.29, 0.717) is 36.3 Å². The van der Waals surface area contributed by atoms with Gasteiger partial charge in [0.1, 0.15) is 17.3 Å². The zero-order valence-electron chi connectivity index (χ0n) is 15.3. The van der Waals surface area contributed by atoms with Crippen LogP contribution in [0, 0.1) is 0 Å². The van der Waals surface area contributed by atoms with Crippen molar-refractivity contribution in [2.75, 3.05) is 0 Å². The molecule has 0 aliphatic rings. The van der Waals surface area contributed by atoms with Crippen molar-refractivity contribution in [3.05, 3.63) is 54.1 Å². The molecule has 0 spiro atoms. The highest BCUT2D eigenvalue weighted by Gasteiger charge is 2.21. The van der Waals surface area contributed by atoms with Crippen LogP contribution >= 0.6 is 11.8 Å². The summed E-state index contributed by atoms with van der Waals surface area (Å²) < 4.78 is 12.5. The number of aromatic nitrogens is 3. The number of primary amides is 1. The lowest BCUT2D eigenvalue weighted by atomic mass is 10.3. The van der Waals surface area contributed by atoms with Gasteiger partial charge in [-0.2, -0.15) is 0 Å². The van der Waals surface area contributed by atoms with Gasteiger partial charge in [-0.25, -0.2) is 0 Å². The van der Waals surface area contributed by atoms with Crippen LogP contribution in [-0.4, -0.2) is 31.8 Å². The number of hydrogen-bond donors (Lipinski definition) is 2. The second-order valence-corrected chi connectivity index (χ2v) is 7.40. The predicted molar refractivity (Wildman–Crippen MR) is 101 cm³/mol. The van der Waals surface area contributed by atoms with Gasteiger partial charge in [-0.05, 0) is 31.2 Å². The van der Waals surface area contributed by atoms with Crippen molar-refractivity contribution in [3.63, 3.8) is 0 Å². The van der Waals surface area contributed by atoms with Gasteiger partial charge in [0.25, 0.3) is 0 Å². The van der Waals surface area contributed by atoms with E-state index in [4.69, 9.17) is 14.6 Å². The van der Waals surface area contributed by atoms with Crippen LogP contribution in [0.15, 0.2) is 50.8 Å². The van der Waals surface area contributed by atoms with Crippen molar-refractivity contribution in [2.45, 2.75) is 43.3 Å². The number of amides is 2. The molecule has 0 aromatic carbocycles. The quantitative estimate of drug-likeness (QED) is 0.493. The fourth-order valence-electron chi connectivity index (χ4n) is 2.49. The first kappa shape index (κ1) is 19.7. The van der Waals surface area contributed by atoms with Crippen LogP contribution in [0.2, 0.25) is 0 Å². The number of carbonyl (C=O) groups is 2. The average molecular weight is 403 g/mol. The number of nitrogens with two attached hydrogens (primary N) is 1. The van der Waals surface area contributed by atoms with Crippen molar-refractivity contribution in [1.29, 1.82) is 0 Å². The van der Waals surface area contributed by atoms with Crippen molar-refractivity contribution < 1.29 is 18.4 Å². The van der Waals surface area contributed by atoms with Crippen LogP contribution in [0.4, 0.5) is 0 Å². The zero-order chi connectivity index (χ0) is 19.9. The number of rotatable bonds is 10. The summed E-state index contributed by atoms with van der Waals surface area (Å²) in [4.78, 5) is 23.5. The zero-order valence-corrected chi connectivity index (χ0v) is 16.1. The number of thioether (sulfide) groups is 1. The van der Waals surface area contributed by atoms with E-state index in [1.165, 1.54) is 11.8 Å². The number of furan rings is 2.